The fraction of sp³-hybridized carbons (Fsp3) is 0.222. The van der Waals surface area contributed by atoms with Crippen LogP contribution in [0.25, 0.3) is 0 Å². The van der Waals surface area contributed by atoms with Crippen LogP contribution in [0.1, 0.15) is 6.42 Å². The van der Waals surface area contributed by atoms with Gasteiger partial charge in [-0.05, 0) is 24.3 Å². The van der Waals surface area contributed by atoms with E-state index in [0.717, 1.165) is 0 Å². The zero-order valence-corrected chi connectivity index (χ0v) is 13.2. The molecular formula is C18H17FN2O3. The summed E-state index contributed by atoms with van der Waals surface area (Å²) in [7, 11) is 1.55. The number of methoxy groups -OCH3 is 1. The van der Waals surface area contributed by atoms with Crippen LogP contribution in [0.5, 0.6) is 5.75 Å². The van der Waals surface area contributed by atoms with Crippen LogP contribution in [0.3, 0.4) is 0 Å². The van der Waals surface area contributed by atoms with Crippen molar-refractivity contribution in [2.75, 3.05) is 23.9 Å². The van der Waals surface area contributed by atoms with Gasteiger partial charge in [-0.15, -0.1) is 0 Å². The zero-order valence-electron chi connectivity index (χ0n) is 13.2. The Morgan fingerprint density at radius 2 is 2.04 bits per heavy atom. The maximum atomic E-state index is 13.6. The number of hydrogen-bond acceptors (Lipinski definition) is 3. The van der Waals surface area contributed by atoms with Gasteiger partial charge in [0.15, 0.2) is 0 Å². The van der Waals surface area contributed by atoms with Crippen molar-refractivity contribution in [3.8, 4) is 5.75 Å². The van der Waals surface area contributed by atoms with Crippen molar-refractivity contribution < 1.29 is 18.7 Å². The molecular weight excluding hydrogens is 311 g/mol. The highest BCUT2D eigenvalue weighted by atomic mass is 19.1. The first-order valence-electron chi connectivity index (χ1n) is 7.58. The molecule has 1 aliphatic heterocycles. The van der Waals surface area contributed by atoms with E-state index in [1.165, 1.54) is 12.1 Å². The van der Waals surface area contributed by atoms with Crippen LogP contribution in [-0.4, -0.2) is 25.5 Å². The lowest BCUT2D eigenvalue weighted by Gasteiger charge is -2.17. The van der Waals surface area contributed by atoms with Gasteiger partial charge < -0.3 is 15.0 Å². The standard InChI is InChI=1S/C18H17FN2O3/c1-24-14-6-4-5-13(10-14)21-11-12(9-17(21)22)18(23)20-16-8-3-2-7-15(16)19/h2-8,10,12H,9,11H2,1H3,(H,20,23)/t12-/m0/s1. The summed E-state index contributed by atoms with van der Waals surface area (Å²) in [4.78, 5) is 26.1. The molecule has 24 heavy (non-hydrogen) atoms. The number of rotatable bonds is 4. The van der Waals surface area contributed by atoms with E-state index < -0.39 is 11.7 Å². The first-order chi connectivity index (χ1) is 11.6. The molecule has 1 saturated heterocycles. The van der Waals surface area contributed by atoms with Gasteiger partial charge in [-0.2, -0.15) is 0 Å². The molecule has 3 rings (SSSR count). The van der Waals surface area contributed by atoms with E-state index in [-0.39, 0.29) is 30.5 Å². The summed E-state index contributed by atoms with van der Waals surface area (Å²) in [5, 5.41) is 2.55. The molecule has 2 amide bonds. The van der Waals surface area contributed by atoms with Crippen molar-refractivity contribution >= 4 is 23.2 Å². The lowest BCUT2D eigenvalue weighted by atomic mass is 10.1. The predicted molar refractivity (Wildman–Crippen MR) is 88.5 cm³/mol. The maximum absolute atomic E-state index is 13.6. The Kier molecular flexibility index (Phi) is 4.46. The predicted octanol–water partition coefficient (Wildman–Crippen LogP) is 2.83. The van der Waals surface area contributed by atoms with Gasteiger partial charge in [0.25, 0.3) is 0 Å². The molecule has 1 heterocycles. The van der Waals surface area contributed by atoms with Crippen molar-refractivity contribution in [1.29, 1.82) is 0 Å². The highest BCUT2D eigenvalue weighted by Gasteiger charge is 2.35. The molecule has 1 N–H and O–H groups in total. The van der Waals surface area contributed by atoms with Crippen LogP contribution >= 0.6 is 0 Å². The molecule has 1 aliphatic rings. The SMILES string of the molecule is COc1cccc(N2C[C@@H](C(=O)Nc3ccccc3F)CC2=O)c1. The van der Waals surface area contributed by atoms with Crippen LogP contribution in [0.2, 0.25) is 0 Å². The third-order valence-corrected chi connectivity index (χ3v) is 3.99. The van der Waals surface area contributed by atoms with Gasteiger partial charge in [-0.25, -0.2) is 4.39 Å². The second-order valence-corrected chi connectivity index (χ2v) is 5.58. The fourth-order valence-corrected chi connectivity index (χ4v) is 2.71. The van der Waals surface area contributed by atoms with Gasteiger partial charge in [-0.3, -0.25) is 9.59 Å². The number of halogens is 1. The molecule has 124 valence electrons. The Hall–Kier alpha value is -2.89. The second-order valence-electron chi connectivity index (χ2n) is 5.58. The number of carbonyl (C=O) groups excluding carboxylic acids is 2. The van der Waals surface area contributed by atoms with Crippen molar-refractivity contribution in [3.63, 3.8) is 0 Å². The van der Waals surface area contributed by atoms with E-state index in [1.54, 1.807) is 48.4 Å². The quantitative estimate of drug-likeness (QED) is 0.939. The summed E-state index contributed by atoms with van der Waals surface area (Å²) in [5.41, 5.74) is 0.801. The van der Waals surface area contributed by atoms with E-state index in [0.29, 0.717) is 11.4 Å². The summed E-state index contributed by atoms with van der Waals surface area (Å²) in [6, 6.07) is 13.1. The van der Waals surface area contributed by atoms with E-state index in [2.05, 4.69) is 5.32 Å². The number of amides is 2. The summed E-state index contributed by atoms with van der Waals surface area (Å²) in [6.07, 6.45) is 0.0947. The van der Waals surface area contributed by atoms with E-state index in [9.17, 15) is 14.0 Å². The fourth-order valence-electron chi connectivity index (χ4n) is 2.71. The number of benzene rings is 2. The van der Waals surface area contributed by atoms with Gasteiger partial charge in [0.2, 0.25) is 11.8 Å². The van der Waals surface area contributed by atoms with Gasteiger partial charge in [0.1, 0.15) is 11.6 Å². The average molecular weight is 328 g/mol. The second kappa shape index (κ2) is 6.70. The van der Waals surface area contributed by atoms with Gasteiger partial charge in [0, 0.05) is 24.7 Å². The van der Waals surface area contributed by atoms with Crippen molar-refractivity contribution in [3.05, 3.63) is 54.3 Å². The molecule has 5 nitrogen and oxygen atoms in total. The zero-order chi connectivity index (χ0) is 17.1. The molecule has 1 fully saturated rings. The Labute approximate surface area is 139 Å². The Morgan fingerprint density at radius 1 is 1.25 bits per heavy atom. The van der Waals surface area contributed by atoms with Gasteiger partial charge >= 0.3 is 0 Å². The number of ether oxygens (including phenoxy) is 1. The van der Waals surface area contributed by atoms with E-state index in [1.807, 2.05) is 0 Å². The number of nitrogens with zero attached hydrogens (tertiary/aromatic N) is 1. The molecule has 0 aromatic heterocycles. The van der Waals surface area contributed by atoms with Crippen LogP contribution in [0.4, 0.5) is 15.8 Å². The molecule has 0 radical (unpaired) electrons. The van der Waals surface area contributed by atoms with E-state index >= 15 is 0 Å². The maximum Gasteiger partial charge on any atom is 0.229 e. The van der Waals surface area contributed by atoms with Gasteiger partial charge in [0.05, 0.1) is 18.7 Å². The lowest BCUT2D eigenvalue weighted by Crippen LogP contribution is -2.28. The molecule has 0 bridgehead atoms. The highest BCUT2D eigenvalue weighted by molar-refractivity contribution is 6.03. The number of hydrogen-bond donors (Lipinski definition) is 1. The molecule has 0 spiro atoms. The third-order valence-electron chi connectivity index (χ3n) is 3.99. The number of nitrogens with one attached hydrogen (secondary N) is 1. The molecule has 0 unspecified atom stereocenters. The van der Waals surface area contributed by atoms with Crippen LogP contribution in [-0.2, 0) is 9.59 Å². The normalized spacial score (nSPS) is 17.0. The number of carbonyl (C=O) groups is 2. The van der Waals surface area contributed by atoms with Crippen molar-refractivity contribution in [1.82, 2.24) is 0 Å². The minimum atomic E-state index is -0.525. The highest BCUT2D eigenvalue weighted by Crippen LogP contribution is 2.28. The molecule has 1 atom stereocenters. The smallest absolute Gasteiger partial charge is 0.229 e. The van der Waals surface area contributed by atoms with Crippen molar-refractivity contribution in [2.45, 2.75) is 6.42 Å². The molecule has 2 aromatic rings. The number of anilines is 2. The van der Waals surface area contributed by atoms with E-state index in [4.69, 9.17) is 4.74 Å². The minimum absolute atomic E-state index is 0.0947. The third kappa shape index (κ3) is 3.22. The summed E-state index contributed by atoms with van der Waals surface area (Å²) in [5.74, 6) is -0.890. The summed E-state index contributed by atoms with van der Waals surface area (Å²) in [6.45, 7) is 0.256. The topological polar surface area (TPSA) is 58.6 Å². The van der Waals surface area contributed by atoms with Crippen molar-refractivity contribution in [2.24, 2.45) is 5.92 Å². The Bertz CT molecular complexity index is 778. The lowest BCUT2D eigenvalue weighted by molar-refractivity contribution is -0.122. The number of para-hydroxylation sites is 1. The average Bonchev–Trinajstić information content (AvgIpc) is 2.99. The summed E-state index contributed by atoms with van der Waals surface area (Å²) >= 11 is 0. The molecule has 6 heteroatoms. The monoisotopic (exact) mass is 328 g/mol. The van der Waals surface area contributed by atoms with Crippen LogP contribution in [0.15, 0.2) is 48.5 Å². The summed E-state index contributed by atoms with van der Waals surface area (Å²) < 4.78 is 18.8. The minimum Gasteiger partial charge on any atom is -0.497 e. The van der Waals surface area contributed by atoms with Gasteiger partial charge in [-0.1, -0.05) is 18.2 Å². The first-order valence-corrected chi connectivity index (χ1v) is 7.58. The van der Waals surface area contributed by atoms with Crippen LogP contribution < -0.4 is 15.0 Å². The molecule has 0 aliphatic carbocycles. The Morgan fingerprint density at radius 3 is 2.79 bits per heavy atom. The largest absolute Gasteiger partial charge is 0.497 e. The Balaban J connectivity index is 1.72. The first kappa shape index (κ1) is 16.0. The molecule has 0 saturated carbocycles. The molecule has 2 aromatic carbocycles. The van der Waals surface area contributed by atoms with Crippen LogP contribution in [0, 0.1) is 11.7 Å².